The van der Waals surface area contributed by atoms with Crippen LogP contribution in [0.25, 0.3) is 0 Å². The second-order valence-corrected chi connectivity index (χ2v) is 3.94. The first-order valence-electron chi connectivity index (χ1n) is 5.99. The molecule has 1 atom stereocenters. The van der Waals surface area contributed by atoms with Gasteiger partial charge in [-0.3, -0.25) is 9.59 Å². The zero-order valence-corrected chi connectivity index (χ0v) is 10.9. The van der Waals surface area contributed by atoms with Gasteiger partial charge >= 0.3 is 69.3 Å². The van der Waals surface area contributed by atoms with Gasteiger partial charge < -0.3 is 9.47 Å². The number of benzene rings is 1. The monoisotopic (exact) mass is 304 g/mol. The number of esters is 3. The van der Waals surface area contributed by atoms with Gasteiger partial charge in [0.25, 0.3) is 0 Å². The average molecular weight is 304 g/mol. The first-order valence-corrected chi connectivity index (χ1v) is 5.99. The SMILES string of the molecule is CCCC(C(=O)OC)C(=O)OC(=O)c1ccccc1.[KH]. The number of hydrogen-bond acceptors (Lipinski definition) is 5. The van der Waals surface area contributed by atoms with E-state index in [1.54, 1.807) is 18.2 Å². The summed E-state index contributed by atoms with van der Waals surface area (Å²) in [6, 6.07) is 8.12. The molecule has 104 valence electrons. The quantitative estimate of drug-likeness (QED) is 0.466. The van der Waals surface area contributed by atoms with Gasteiger partial charge in [0.2, 0.25) is 0 Å². The predicted molar refractivity (Wildman–Crippen MR) is 74.4 cm³/mol. The third-order valence-corrected chi connectivity index (χ3v) is 2.55. The fraction of sp³-hybridized carbons (Fsp3) is 0.357. The summed E-state index contributed by atoms with van der Waals surface area (Å²) in [6.07, 6.45) is 0.891. The fourth-order valence-electron chi connectivity index (χ4n) is 1.56. The van der Waals surface area contributed by atoms with Crippen molar-refractivity contribution in [2.75, 3.05) is 7.11 Å². The molecule has 0 aliphatic carbocycles. The summed E-state index contributed by atoms with van der Waals surface area (Å²) in [4.78, 5) is 34.9. The van der Waals surface area contributed by atoms with Crippen molar-refractivity contribution in [3.05, 3.63) is 35.9 Å². The van der Waals surface area contributed by atoms with E-state index in [9.17, 15) is 14.4 Å². The second-order valence-electron chi connectivity index (χ2n) is 3.94. The summed E-state index contributed by atoms with van der Waals surface area (Å²) in [5.74, 6) is -3.38. The Labute approximate surface area is 160 Å². The molecule has 0 saturated carbocycles. The van der Waals surface area contributed by atoms with Gasteiger partial charge in [-0.15, -0.1) is 0 Å². The third kappa shape index (κ3) is 5.84. The van der Waals surface area contributed by atoms with E-state index in [0.29, 0.717) is 6.42 Å². The molecule has 0 aliphatic rings. The van der Waals surface area contributed by atoms with Gasteiger partial charge in [-0.1, -0.05) is 31.5 Å². The Morgan fingerprint density at radius 3 is 2.20 bits per heavy atom. The second kappa shape index (κ2) is 10.2. The number of carbonyl (C=O) groups is 3. The number of rotatable bonds is 5. The van der Waals surface area contributed by atoms with Gasteiger partial charge in [0, 0.05) is 0 Å². The molecule has 0 N–H and O–H groups in total. The van der Waals surface area contributed by atoms with E-state index in [1.807, 2.05) is 6.92 Å². The van der Waals surface area contributed by atoms with Crippen molar-refractivity contribution in [3.63, 3.8) is 0 Å². The van der Waals surface area contributed by atoms with Gasteiger partial charge in [-0.2, -0.15) is 0 Å². The molecular formula is C14H17KO5. The minimum atomic E-state index is -1.05. The summed E-state index contributed by atoms with van der Waals surface area (Å²) in [7, 11) is 1.19. The van der Waals surface area contributed by atoms with Crippen LogP contribution < -0.4 is 0 Å². The van der Waals surface area contributed by atoms with E-state index >= 15 is 0 Å². The maximum absolute atomic E-state index is 11.8. The zero-order valence-electron chi connectivity index (χ0n) is 10.9. The van der Waals surface area contributed by atoms with Gasteiger partial charge in [0.15, 0.2) is 5.92 Å². The number of carbonyl (C=O) groups excluding carboxylic acids is 3. The zero-order chi connectivity index (χ0) is 14.3. The number of ether oxygens (including phenoxy) is 2. The summed E-state index contributed by atoms with van der Waals surface area (Å²) in [5, 5.41) is 0. The van der Waals surface area contributed by atoms with Crippen LogP contribution in [0.3, 0.4) is 0 Å². The van der Waals surface area contributed by atoms with Gasteiger partial charge in [0.05, 0.1) is 12.7 Å². The van der Waals surface area contributed by atoms with Crippen molar-refractivity contribution in [3.8, 4) is 0 Å². The molecule has 0 heterocycles. The summed E-state index contributed by atoms with van der Waals surface area (Å²) in [5.41, 5.74) is 0.260. The van der Waals surface area contributed by atoms with E-state index in [2.05, 4.69) is 4.74 Å². The van der Waals surface area contributed by atoms with Gasteiger partial charge in [-0.05, 0) is 18.6 Å². The fourth-order valence-corrected chi connectivity index (χ4v) is 1.56. The molecule has 0 radical (unpaired) electrons. The number of methoxy groups -OCH3 is 1. The molecule has 5 nitrogen and oxygen atoms in total. The summed E-state index contributed by atoms with van der Waals surface area (Å²) < 4.78 is 9.22. The molecule has 1 rings (SSSR count). The molecule has 0 fully saturated rings. The van der Waals surface area contributed by atoms with E-state index in [0.717, 1.165) is 0 Å². The van der Waals surface area contributed by atoms with Crippen LogP contribution in [0.4, 0.5) is 0 Å². The molecule has 1 aromatic rings. The van der Waals surface area contributed by atoms with E-state index in [1.165, 1.54) is 19.2 Å². The van der Waals surface area contributed by atoms with Crippen LogP contribution in [-0.2, 0) is 19.1 Å². The van der Waals surface area contributed by atoms with E-state index in [-0.39, 0.29) is 63.4 Å². The molecule has 20 heavy (non-hydrogen) atoms. The van der Waals surface area contributed by atoms with E-state index < -0.39 is 23.8 Å². The Bertz CT molecular complexity index is 458. The standard InChI is InChI=1S/C14H16O5.K.H/c1-3-7-11(13(16)18-2)14(17)19-12(15)10-8-5-4-6-9-10;;/h4-6,8-9,11H,3,7H2,1-2H3;;. The van der Waals surface area contributed by atoms with Gasteiger partial charge in [-0.25, -0.2) is 4.79 Å². The molecule has 0 bridgehead atoms. The molecule has 0 spiro atoms. The first-order chi connectivity index (χ1) is 9.10. The van der Waals surface area contributed by atoms with E-state index in [4.69, 9.17) is 4.74 Å². The number of hydrogen-bond donors (Lipinski definition) is 0. The van der Waals surface area contributed by atoms with Crippen molar-refractivity contribution >= 4 is 69.3 Å². The molecule has 0 amide bonds. The summed E-state index contributed by atoms with van der Waals surface area (Å²) >= 11 is 0. The molecular weight excluding hydrogens is 287 g/mol. The first kappa shape index (κ1) is 19.5. The van der Waals surface area contributed by atoms with Crippen molar-refractivity contribution in [1.82, 2.24) is 0 Å². The molecule has 6 heteroatoms. The van der Waals surface area contributed by atoms with Crippen LogP contribution >= 0.6 is 0 Å². The van der Waals surface area contributed by atoms with Crippen molar-refractivity contribution in [2.24, 2.45) is 5.92 Å². The Morgan fingerprint density at radius 2 is 1.70 bits per heavy atom. The normalized spacial score (nSPS) is 10.9. The van der Waals surface area contributed by atoms with Crippen molar-refractivity contribution in [1.29, 1.82) is 0 Å². The van der Waals surface area contributed by atoms with Crippen molar-refractivity contribution < 1.29 is 23.9 Å². The minimum absolute atomic E-state index is 0. The van der Waals surface area contributed by atoms with Crippen LogP contribution in [0.2, 0.25) is 0 Å². The third-order valence-electron chi connectivity index (χ3n) is 2.55. The van der Waals surface area contributed by atoms with Crippen LogP contribution in [0.15, 0.2) is 30.3 Å². The molecule has 0 aliphatic heterocycles. The van der Waals surface area contributed by atoms with Crippen LogP contribution in [0.1, 0.15) is 30.1 Å². The Kier molecular flexibility index (Phi) is 9.96. The molecule has 0 saturated heterocycles. The predicted octanol–water partition coefficient (Wildman–Crippen LogP) is 1.31. The maximum atomic E-state index is 11.8. The Hall–Kier alpha value is -0.534. The van der Waals surface area contributed by atoms with Crippen LogP contribution in [0.5, 0.6) is 0 Å². The summed E-state index contributed by atoms with van der Waals surface area (Å²) in [6.45, 7) is 1.82. The van der Waals surface area contributed by atoms with Crippen molar-refractivity contribution in [2.45, 2.75) is 19.8 Å². The van der Waals surface area contributed by atoms with Gasteiger partial charge in [0.1, 0.15) is 0 Å². The molecule has 1 unspecified atom stereocenters. The van der Waals surface area contributed by atoms with Crippen LogP contribution in [-0.4, -0.2) is 76.4 Å². The molecule has 0 aromatic heterocycles. The average Bonchev–Trinajstić information content (AvgIpc) is 2.44. The Morgan fingerprint density at radius 1 is 1.10 bits per heavy atom. The molecule has 1 aromatic carbocycles. The topological polar surface area (TPSA) is 69.7 Å². The van der Waals surface area contributed by atoms with Crippen LogP contribution in [0, 0.1) is 5.92 Å². The Balaban J connectivity index is 0.00000361.